The van der Waals surface area contributed by atoms with E-state index in [1.165, 1.54) is 0 Å². The van der Waals surface area contributed by atoms with Crippen molar-refractivity contribution in [1.29, 1.82) is 0 Å². The minimum atomic E-state index is -4.32. The summed E-state index contributed by atoms with van der Waals surface area (Å²) < 4.78 is 59.1. The van der Waals surface area contributed by atoms with Crippen molar-refractivity contribution in [3.63, 3.8) is 0 Å². The molecule has 0 saturated heterocycles. The third-order valence-corrected chi connectivity index (χ3v) is 3.51. The number of halogens is 3. The number of nitrogens with two attached hydrogens (primary N) is 1. The summed E-state index contributed by atoms with van der Waals surface area (Å²) in [5, 5.41) is 0. The molecule has 0 heterocycles. The maximum Gasteiger partial charge on any atom is 0.441 e. The van der Waals surface area contributed by atoms with E-state index in [1.54, 1.807) is 0 Å². The van der Waals surface area contributed by atoms with Gasteiger partial charge < -0.3 is 5.73 Å². The molecular formula is C6H13F3N2O2S2. The number of sulfonamides is 1. The molecule has 0 atom stereocenters. The lowest BCUT2D eigenvalue weighted by atomic mass is 10.5. The van der Waals surface area contributed by atoms with E-state index in [1.807, 2.05) is 0 Å². The van der Waals surface area contributed by atoms with Gasteiger partial charge in [0.1, 0.15) is 0 Å². The highest BCUT2D eigenvalue weighted by atomic mass is 32.2. The van der Waals surface area contributed by atoms with Gasteiger partial charge in [0.15, 0.2) is 0 Å². The maximum atomic E-state index is 11.6. The Hall–Kier alpha value is 0.01000. The smallest absolute Gasteiger partial charge is 0.330 e. The standard InChI is InChI=1S/C6H13F3N2O2S2/c7-6(8,9)14-4-3-11-15(12,13)5-1-2-10/h11H,1-5,10H2. The molecule has 0 aromatic heterocycles. The molecule has 0 fully saturated rings. The predicted octanol–water partition coefficient (Wildman–Crippen LogP) is 0.508. The average Bonchev–Trinajstić information content (AvgIpc) is 2.08. The van der Waals surface area contributed by atoms with E-state index in [9.17, 15) is 21.6 Å². The minimum absolute atomic E-state index is 0.153. The van der Waals surface area contributed by atoms with Crippen molar-refractivity contribution in [3.8, 4) is 0 Å². The molecule has 0 aliphatic carbocycles. The summed E-state index contributed by atoms with van der Waals surface area (Å²) in [4.78, 5) is 0. The Morgan fingerprint density at radius 2 is 1.93 bits per heavy atom. The maximum absolute atomic E-state index is 11.6. The van der Waals surface area contributed by atoms with E-state index in [2.05, 4.69) is 4.72 Å². The van der Waals surface area contributed by atoms with Crippen molar-refractivity contribution in [2.24, 2.45) is 5.73 Å². The first-order chi connectivity index (χ1) is 6.77. The Labute approximate surface area is 90.8 Å². The van der Waals surface area contributed by atoms with Gasteiger partial charge in [0.2, 0.25) is 10.0 Å². The van der Waals surface area contributed by atoms with Gasteiger partial charge in [0, 0.05) is 12.3 Å². The van der Waals surface area contributed by atoms with Gasteiger partial charge in [-0.1, -0.05) is 0 Å². The molecule has 0 aromatic rings. The predicted molar refractivity (Wildman–Crippen MR) is 54.0 cm³/mol. The Kier molecular flexibility index (Phi) is 6.57. The van der Waals surface area contributed by atoms with E-state index in [4.69, 9.17) is 5.73 Å². The topological polar surface area (TPSA) is 72.2 Å². The van der Waals surface area contributed by atoms with Gasteiger partial charge in [-0.25, -0.2) is 13.1 Å². The summed E-state index contributed by atoms with van der Waals surface area (Å²) in [6.07, 6.45) is 0.293. The van der Waals surface area contributed by atoms with Crippen LogP contribution in [0.2, 0.25) is 0 Å². The van der Waals surface area contributed by atoms with Gasteiger partial charge in [-0.3, -0.25) is 0 Å². The Balaban J connectivity index is 3.67. The lowest BCUT2D eigenvalue weighted by molar-refractivity contribution is -0.0327. The minimum Gasteiger partial charge on any atom is -0.330 e. The molecule has 0 radical (unpaired) electrons. The molecule has 15 heavy (non-hydrogen) atoms. The number of thioether (sulfide) groups is 1. The van der Waals surface area contributed by atoms with E-state index in [0.717, 1.165) is 0 Å². The summed E-state index contributed by atoms with van der Waals surface area (Å²) in [5.74, 6) is -0.481. The van der Waals surface area contributed by atoms with E-state index >= 15 is 0 Å². The van der Waals surface area contributed by atoms with Crippen LogP contribution in [-0.4, -0.2) is 38.5 Å². The highest BCUT2D eigenvalue weighted by molar-refractivity contribution is 8.00. The molecule has 0 saturated carbocycles. The fourth-order valence-electron chi connectivity index (χ4n) is 0.709. The van der Waals surface area contributed by atoms with Crippen LogP contribution in [0.4, 0.5) is 13.2 Å². The molecule has 0 amide bonds. The number of rotatable bonds is 7. The molecule has 0 aliphatic heterocycles. The third-order valence-electron chi connectivity index (χ3n) is 1.31. The lowest BCUT2D eigenvalue weighted by Gasteiger charge is -2.07. The molecule has 0 unspecified atom stereocenters. The van der Waals surface area contributed by atoms with Gasteiger partial charge in [-0.2, -0.15) is 13.2 Å². The van der Waals surface area contributed by atoms with Crippen molar-refractivity contribution < 1.29 is 21.6 Å². The molecule has 9 heteroatoms. The van der Waals surface area contributed by atoms with Crippen LogP contribution in [0.15, 0.2) is 0 Å². The van der Waals surface area contributed by atoms with Crippen LogP contribution in [0, 0.1) is 0 Å². The highest BCUT2D eigenvalue weighted by Crippen LogP contribution is 2.29. The van der Waals surface area contributed by atoms with Crippen LogP contribution in [0.25, 0.3) is 0 Å². The second kappa shape index (κ2) is 6.56. The normalized spacial score (nSPS) is 13.1. The fraction of sp³-hybridized carbons (Fsp3) is 1.00. The second-order valence-corrected chi connectivity index (χ2v) is 5.74. The van der Waals surface area contributed by atoms with Crippen LogP contribution in [-0.2, 0) is 10.0 Å². The average molecular weight is 266 g/mol. The first-order valence-corrected chi connectivity index (χ1v) is 6.79. The number of alkyl halides is 3. The van der Waals surface area contributed by atoms with Crippen LogP contribution >= 0.6 is 11.8 Å². The van der Waals surface area contributed by atoms with Crippen molar-refractivity contribution in [2.75, 3.05) is 24.6 Å². The quantitative estimate of drug-likeness (QED) is 0.659. The molecule has 4 nitrogen and oxygen atoms in total. The SMILES string of the molecule is NCCCS(=O)(=O)NCCSC(F)(F)F. The molecule has 0 spiro atoms. The van der Waals surface area contributed by atoms with Crippen LogP contribution in [0.5, 0.6) is 0 Å². The van der Waals surface area contributed by atoms with Crippen molar-refractivity contribution in [2.45, 2.75) is 11.9 Å². The van der Waals surface area contributed by atoms with E-state index in [-0.39, 0.29) is 36.4 Å². The molecular weight excluding hydrogens is 253 g/mol. The zero-order chi connectivity index (χ0) is 11.9. The monoisotopic (exact) mass is 266 g/mol. The van der Waals surface area contributed by atoms with Crippen LogP contribution in [0.1, 0.15) is 6.42 Å². The van der Waals surface area contributed by atoms with Gasteiger partial charge in [-0.05, 0) is 24.7 Å². The first-order valence-electron chi connectivity index (χ1n) is 4.15. The zero-order valence-corrected chi connectivity index (χ0v) is 9.51. The summed E-state index contributed by atoms with van der Waals surface area (Å²) in [6.45, 7) is 0.00922. The Morgan fingerprint density at radius 1 is 1.33 bits per heavy atom. The van der Waals surface area contributed by atoms with Gasteiger partial charge >= 0.3 is 5.51 Å². The first kappa shape index (κ1) is 15.0. The van der Waals surface area contributed by atoms with E-state index in [0.29, 0.717) is 6.42 Å². The Morgan fingerprint density at radius 3 is 2.40 bits per heavy atom. The molecule has 0 aromatic carbocycles. The summed E-state index contributed by atoms with van der Waals surface area (Å²) in [5.41, 5.74) is 0.786. The highest BCUT2D eigenvalue weighted by Gasteiger charge is 2.27. The summed E-state index contributed by atoms with van der Waals surface area (Å²) in [7, 11) is -3.47. The summed E-state index contributed by atoms with van der Waals surface area (Å²) in [6, 6.07) is 0. The number of nitrogens with one attached hydrogen (secondary N) is 1. The largest absolute Gasteiger partial charge is 0.441 e. The second-order valence-electron chi connectivity index (χ2n) is 2.65. The Bertz CT molecular complexity index is 266. The molecule has 0 aliphatic rings. The van der Waals surface area contributed by atoms with Crippen molar-refractivity contribution >= 4 is 21.8 Å². The molecule has 92 valence electrons. The van der Waals surface area contributed by atoms with Crippen LogP contribution < -0.4 is 10.5 Å². The zero-order valence-electron chi connectivity index (χ0n) is 7.88. The molecule has 0 bridgehead atoms. The third kappa shape index (κ3) is 10.3. The van der Waals surface area contributed by atoms with Crippen LogP contribution in [0.3, 0.4) is 0 Å². The van der Waals surface area contributed by atoms with E-state index < -0.39 is 15.5 Å². The molecule has 0 rings (SSSR count). The van der Waals surface area contributed by atoms with Crippen molar-refractivity contribution in [1.82, 2.24) is 4.72 Å². The van der Waals surface area contributed by atoms with Gasteiger partial charge in [0.25, 0.3) is 0 Å². The number of hydrogen-bond acceptors (Lipinski definition) is 4. The van der Waals surface area contributed by atoms with Crippen molar-refractivity contribution in [3.05, 3.63) is 0 Å². The molecule has 3 N–H and O–H groups in total. The van der Waals surface area contributed by atoms with Gasteiger partial charge in [-0.15, -0.1) is 0 Å². The lowest BCUT2D eigenvalue weighted by Crippen LogP contribution is -2.29. The number of hydrogen-bond donors (Lipinski definition) is 2. The fourth-order valence-corrected chi connectivity index (χ4v) is 2.38. The van der Waals surface area contributed by atoms with Gasteiger partial charge in [0.05, 0.1) is 5.75 Å². The summed E-state index contributed by atoms with van der Waals surface area (Å²) >= 11 is -0.254.